The van der Waals surface area contributed by atoms with E-state index in [2.05, 4.69) is 10.1 Å². The van der Waals surface area contributed by atoms with Gasteiger partial charge >= 0.3 is 12.1 Å². The Balaban J connectivity index is 4.03. The number of rotatable bonds is 4. The molecule has 1 amide bonds. The van der Waals surface area contributed by atoms with Crippen molar-refractivity contribution in [2.75, 3.05) is 13.7 Å². The number of amides is 1. The summed E-state index contributed by atoms with van der Waals surface area (Å²) in [6.07, 6.45) is 0.0949. The molecular formula is C11H21NO4. The molecule has 16 heavy (non-hydrogen) atoms. The largest absolute Gasteiger partial charge is 0.469 e. The fraction of sp³-hybridized carbons (Fsp3) is 0.818. The molecule has 1 N–H and O–H groups in total. The molecule has 0 aliphatic carbocycles. The molecule has 0 saturated carbocycles. The van der Waals surface area contributed by atoms with Crippen LogP contribution in [0.3, 0.4) is 0 Å². The normalized spacial score (nSPS) is 12.8. The molecule has 0 aliphatic rings. The molecule has 0 bridgehead atoms. The molecule has 1 unspecified atom stereocenters. The third kappa shape index (κ3) is 6.27. The van der Waals surface area contributed by atoms with Crippen molar-refractivity contribution in [2.45, 2.75) is 39.7 Å². The Morgan fingerprint density at radius 2 is 1.88 bits per heavy atom. The lowest BCUT2D eigenvalue weighted by atomic mass is 10.1. The van der Waals surface area contributed by atoms with Gasteiger partial charge in [0.2, 0.25) is 0 Å². The summed E-state index contributed by atoms with van der Waals surface area (Å²) in [5, 5.41) is 2.54. The number of carbonyl (C=O) groups is 2. The number of hydrogen-bond acceptors (Lipinski definition) is 4. The maximum Gasteiger partial charge on any atom is 0.407 e. The van der Waals surface area contributed by atoms with E-state index in [1.54, 1.807) is 20.8 Å². The van der Waals surface area contributed by atoms with E-state index >= 15 is 0 Å². The van der Waals surface area contributed by atoms with E-state index in [0.29, 0.717) is 6.42 Å². The fourth-order valence-corrected chi connectivity index (χ4v) is 1.08. The molecule has 0 fully saturated rings. The minimum Gasteiger partial charge on any atom is -0.469 e. The first-order valence-electron chi connectivity index (χ1n) is 5.34. The lowest BCUT2D eigenvalue weighted by molar-refractivity contribution is -0.145. The summed E-state index contributed by atoms with van der Waals surface area (Å²) < 4.78 is 9.65. The summed E-state index contributed by atoms with van der Waals surface area (Å²) in [5.74, 6) is -0.643. The van der Waals surface area contributed by atoms with E-state index in [1.807, 2.05) is 6.92 Å². The van der Waals surface area contributed by atoms with Gasteiger partial charge in [0.25, 0.3) is 0 Å². The first-order valence-corrected chi connectivity index (χ1v) is 5.34. The van der Waals surface area contributed by atoms with Gasteiger partial charge in [0, 0.05) is 6.54 Å². The van der Waals surface area contributed by atoms with Crippen LogP contribution in [0.5, 0.6) is 0 Å². The molecule has 0 heterocycles. The van der Waals surface area contributed by atoms with Gasteiger partial charge in [-0.05, 0) is 27.2 Å². The maximum absolute atomic E-state index is 11.3. The van der Waals surface area contributed by atoms with Gasteiger partial charge in [-0.15, -0.1) is 0 Å². The van der Waals surface area contributed by atoms with Crippen LogP contribution >= 0.6 is 0 Å². The van der Waals surface area contributed by atoms with Crippen molar-refractivity contribution in [2.24, 2.45) is 5.92 Å². The quantitative estimate of drug-likeness (QED) is 0.748. The van der Waals surface area contributed by atoms with Crippen molar-refractivity contribution in [3.63, 3.8) is 0 Å². The molecule has 0 aromatic rings. The molecule has 0 radical (unpaired) electrons. The molecule has 0 spiro atoms. The van der Waals surface area contributed by atoms with E-state index in [1.165, 1.54) is 7.11 Å². The van der Waals surface area contributed by atoms with E-state index in [9.17, 15) is 9.59 Å². The molecule has 1 atom stereocenters. The fourth-order valence-electron chi connectivity index (χ4n) is 1.08. The third-order valence-electron chi connectivity index (χ3n) is 1.92. The topological polar surface area (TPSA) is 64.6 Å². The average molecular weight is 231 g/mol. The molecule has 0 aliphatic heterocycles. The van der Waals surface area contributed by atoms with Crippen molar-refractivity contribution in [1.29, 1.82) is 0 Å². The third-order valence-corrected chi connectivity index (χ3v) is 1.92. The minimum atomic E-state index is -0.531. The number of carbonyl (C=O) groups excluding carboxylic acids is 2. The van der Waals surface area contributed by atoms with Crippen LogP contribution in [-0.2, 0) is 14.3 Å². The Morgan fingerprint density at radius 3 is 2.25 bits per heavy atom. The molecule has 0 rings (SSSR count). The molecule has 94 valence electrons. The smallest absolute Gasteiger partial charge is 0.407 e. The highest BCUT2D eigenvalue weighted by molar-refractivity contribution is 5.74. The van der Waals surface area contributed by atoms with Gasteiger partial charge in [-0.25, -0.2) is 4.79 Å². The number of alkyl carbamates (subject to hydrolysis) is 1. The Morgan fingerprint density at radius 1 is 1.31 bits per heavy atom. The van der Waals surface area contributed by atoms with Crippen LogP contribution in [0, 0.1) is 5.92 Å². The molecule has 5 heteroatoms. The number of ether oxygens (including phenoxy) is 2. The summed E-state index contributed by atoms with van der Waals surface area (Å²) in [7, 11) is 1.33. The number of hydrogen-bond donors (Lipinski definition) is 1. The van der Waals surface area contributed by atoms with Crippen LogP contribution in [0.1, 0.15) is 34.1 Å². The Hall–Kier alpha value is -1.26. The summed E-state index contributed by atoms with van der Waals surface area (Å²) in [6, 6.07) is 0. The van der Waals surface area contributed by atoms with Crippen molar-refractivity contribution in [1.82, 2.24) is 5.32 Å². The molecular weight excluding hydrogens is 210 g/mol. The van der Waals surface area contributed by atoms with Crippen molar-refractivity contribution in [3.8, 4) is 0 Å². The summed E-state index contributed by atoms with van der Waals surface area (Å²) in [5.41, 5.74) is -0.531. The van der Waals surface area contributed by atoms with E-state index in [-0.39, 0.29) is 18.4 Å². The van der Waals surface area contributed by atoms with Crippen LogP contribution in [0.25, 0.3) is 0 Å². The maximum atomic E-state index is 11.3. The van der Waals surface area contributed by atoms with Crippen LogP contribution in [0.4, 0.5) is 4.79 Å². The van der Waals surface area contributed by atoms with Crippen molar-refractivity contribution in [3.05, 3.63) is 0 Å². The van der Waals surface area contributed by atoms with Crippen LogP contribution < -0.4 is 5.32 Å². The van der Waals surface area contributed by atoms with Gasteiger partial charge in [-0.1, -0.05) is 6.92 Å². The van der Waals surface area contributed by atoms with Gasteiger partial charge in [0.05, 0.1) is 13.0 Å². The highest BCUT2D eigenvalue weighted by atomic mass is 16.6. The summed E-state index contributed by atoms with van der Waals surface area (Å²) in [6.45, 7) is 7.44. The zero-order valence-corrected chi connectivity index (χ0v) is 10.6. The zero-order valence-electron chi connectivity index (χ0n) is 10.6. The standard InChI is InChI=1S/C11H21NO4/c1-6-8(9(13)15-5)7-12-10(14)16-11(2,3)4/h8H,6-7H2,1-5H3,(H,12,14). The van der Waals surface area contributed by atoms with Crippen LogP contribution in [-0.4, -0.2) is 31.3 Å². The van der Waals surface area contributed by atoms with Gasteiger partial charge < -0.3 is 14.8 Å². The Kier molecular flexibility index (Phi) is 5.85. The van der Waals surface area contributed by atoms with Gasteiger partial charge in [0.1, 0.15) is 5.60 Å². The predicted octanol–water partition coefficient (Wildman–Crippen LogP) is 1.71. The minimum absolute atomic E-state index is 0.234. The van der Waals surface area contributed by atoms with Crippen LogP contribution in [0.2, 0.25) is 0 Å². The first-order chi connectivity index (χ1) is 7.30. The Labute approximate surface area is 96.5 Å². The zero-order chi connectivity index (χ0) is 12.8. The van der Waals surface area contributed by atoms with E-state index in [4.69, 9.17) is 4.74 Å². The highest BCUT2D eigenvalue weighted by Crippen LogP contribution is 2.07. The lowest BCUT2D eigenvalue weighted by Crippen LogP contribution is -2.37. The van der Waals surface area contributed by atoms with Crippen LogP contribution in [0.15, 0.2) is 0 Å². The second kappa shape index (κ2) is 6.35. The van der Waals surface area contributed by atoms with Gasteiger partial charge in [-0.3, -0.25) is 4.79 Å². The SMILES string of the molecule is CCC(CNC(=O)OC(C)(C)C)C(=O)OC. The monoisotopic (exact) mass is 231 g/mol. The second-order valence-electron chi connectivity index (χ2n) is 4.51. The van der Waals surface area contributed by atoms with E-state index < -0.39 is 11.7 Å². The van der Waals surface area contributed by atoms with Gasteiger partial charge in [0.15, 0.2) is 0 Å². The highest BCUT2D eigenvalue weighted by Gasteiger charge is 2.20. The summed E-state index contributed by atoms with van der Waals surface area (Å²) in [4.78, 5) is 22.5. The Bertz CT molecular complexity index is 245. The lowest BCUT2D eigenvalue weighted by Gasteiger charge is -2.20. The molecule has 0 aromatic heterocycles. The van der Waals surface area contributed by atoms with E-state index in [0.717, 1.165) is 0 Å². The number of methoxy groups -OCH3 is 1. The number of nitrogens with one attached hydrogen (secondary N) is 1. The van der Waals surface area contributed by atoms with Crippen molar-refractivity contribution < 1.29 is 19.1 Å². The summed E-state index contributed by atoms with van der Waals surface area (Å²) >= 11 is 0. The average Bonchev–Trinajstić information content (AvgIpc) is 2.15. The molecule has 0 saturated heterocycles. The number of esters is 1. The first kappa shape index (κ1) is 14.7. The van der Waals surface area contributed by atoms with Gasteiger partial charge in [-0.2, -0.15) is 0 Å². The predicted molar refractivity (Wildman–Crippen MR) is 60.0 cm³/mol. The van der Waals surface area contributed by atoms with Crippen molar-refractivity contribution >= 4 is 12.1 Å². The molecule has 0 aromatic carbocycles. The molecule has 5 nitrogen and oxygen atoms in total. The second-order valence-corrected chi connectivity index (χ2v) is 4.51.